The summed E-state index contributed by atoms with van der Waals surface area (Å²) in [5.74, 6) is 0. The van der Waals surface area contributed by atoms with Gasteiger partial charge in [-0.25, -0.2) is 17.9 Å². The highest BCUT2D eigenvalue weighted by Crippen LogP contribution is 2.29. The number of nitrogens with one attached hydrogen (secondary N) is 3. The van der Waals surface area contributed by atoms with Crippen molar-refractivity contribution in [2.24, 2.45) is 0 Å². The van der Waals surface area contributed by atoms with Gasteiger partial charge in [0.05, 0.1) is 21.5 Å². The Balaban J connectivity index is 1.83. The number of hydrogen-bond donors (Lipinski definition) is 4. The zero-order chi connectivity index (χ0) is 15.1. The molecule has 114 valence electrons. The third-order valence-electron chi connectivity index (χ3n) is 3.92. The van der Waals surface area contributed by atoms with Crippen molar-refractivity contribution in [1.29, 1.82) is 0 Å². The fourth-order valence-electron chi connectivity index (χ4n) is 2.70. The van der Waals surface area contributed by atoms with Crippen LogP contribution in [0.15, 0.2) is 27.9 Å². The van der Waals surface area contributed by atoms with E-state index >= 15 is 0 Å². The first-order chi connectivity index (χ1) is 9.88. The van der Waals surface area contributed by atoms with Crippen molar-refractivity contribution in [3.63, 3.8) is 0 Å². The number of aromatic amines is 2. The Kier molecular flexibility index (Phi) is 3.39. The summed E-state index contributed by atoms with van der Waals surface area (Å²) in [6.45, 7) is 0.0109. The van der Waals surface area contributed by atoms with Crippen LogP contribution in [0.5, 0.6) is 0 Å². The van der Waals surface area contributed by atoms with E-state index < -0.39 is 15.6 Å². The lowest BCUT2D eigenvalue weighted by molar-refractivity contribution is 0.0532. The minimum Gasteiger partial charge on any atom is -0.389 e. The summed E-state index contributed by atoms with van der Waals surface area (Å²) in [7, 11) is -3.71. The predicted molar refractivity (Wildman–Crippen MR) is 77.5 cm³/mol. The molecule has 1 aromatic heterocycles. The summed E-state index contributed by atoms with van der Waals surface area (Å²) in [5, 5.41) is 10.2. The SMILES string of the molecule is O=c1[nH]c2ccc(S(=O)(=O)NCC3(O)CCCC3)cc2[nH]1. The topological polar surface area (TPSA) is 115 Å². The monoisotopic (exact) mass is 311 g/mol. The van der Waals surface area contributed by atoms with Crippen molar-refractivity contribution in [2.75, 3.05) is 6.54 Å². The molecule has 0 aliphatic heterocycles. The van der Waals surface area contributed by atoms with Crippen LogP contribution < -0.4 is 10.4 Å². The molecular formula is C13H17N3O4S. The highest BCUT2D eigenvalue weighted by molar-refractivity contribution is 7.89. The molecule has 0 atom stereocenters. The average molecular weight is 311 g/mol. The maximum absolute atomic E-state index is 12.3. The quantitative estimate of drug-likeness (QED) is 0.655. The summed E-state index contributed by atoms with van der Waals surface area (Å²) >= 11 is 0. The first kappa shape index (κ1) is 14.3. The van der Waals surface area contributed by atoms with E-state index in [1.165, 1.54) is 18.2 Å². The van der Waals surface area contributed by atoms with Gasteiger partial charge in [-0.2, -0.15) is 0 Å². The smallest absolute Gasteiger partial charge is 0.323 e. The maximum Gasteiger partial charge on any atom is 0.323 e. The molecular weight excluding hydrogens is 294 g/mol. The zero-order valence-electron chi connectivity index (χ0n) is 11.3. The van der Waals surface area contributed by atoms with Gasteiger partial charge >= 0.3 is 5.69 Å². The standard InChI is InChI=1S/C13H17N3O4S/c17-12-15-10-4-3-9(7-11(10)16-12)21(19,20)14-8-13(18)5-1-2-6-13/h3-4,7,14,18H,1-2,5-6,8H2,(H2,15,16,17). The molecule has 0 spiro atoms. The molecule has 0 amide bonds. The number of aliphatic hydroxyl groups is 1. The molecule has 2 aromatic rings. The Morgan fingerprint density at radius 1 is 1.19 bits per heavy atom. The molecule has 1 aliphatic rings. The second kappa shape index (κ2) is 4.97. The van der Waals surface area contributed by atoms with Crippen LogP contribution in [-0.4, -0.2) is 35.6 Å². The van der Waals surface area contributed by atoms with Crippen molar-refractivity contribution < 1.29 is 13.5 Å². The van der Waals surface area contributed by atoms with Crippen molar-refractivity contribution >= 4 is 21.1 Å². The maximum atomic E-state index is 12.3. The lowest BCUT2D eigenvalue weighted by Crippen LogP contribution is -2.40. The number of benzene rings is 1. The number of imidazole rings is 1. The molecule has 21 heavy (non-hydrogen) atoms. The first-order valence-electron chi connectivity index (χ1n) is 6.82. The van der Waals surface area contributed by atoms with Crippen LogP contribution in [0.4, 0.5) is 0 Å². The summed E-state index contributed by atoms with van der Waals surface area (Å²) in [6, 6.07) is 4.35. The van der Waals surface area contributed by atoms with E-state index in [-0.39, 0.29) is 17.1 Å². The van der Waals surface area contributed by atoms with Crippen LogP contribution in [-0.2, 0) is 10.0 Å². The third-order valence-corrected chi connectivity index (χ3v) is 5.32. The first-order valence-corrected chi connectivity index (χ1v) is 8.30. The van der Waals surface area contributed by atoms with Gasteiger partial charge in [0, 0.05) is 6.54 Å². The van der Waals surface area contributed by atoms with Gasteiger partial charge < -0.3 is 15.1 Å². The minimum atomic E-state index is -3.71. The Labute approximate surface area is 121 Å². The average Bonchev–Trinajstić information content (AvgIpc) is 3.01. The molecule has 0 radical (unpaired) electrons. The Morgan fingerprint density at radius 3 is 2.57 bits per heavy atom. The molecule has 0 bridgehead atoms. The Morgan fingerprint density at radius 2 is 1.86 bits per heavy atom. The van der Waals surface area contributed by atoms with Gasteiger partial charge in [-0.05, 0) is 31.0 Å². The van der Waals surface area contributed by atoms with Crippen molar-refractivity contribution in [3.8, 4) is 0 Å². The fraction of sp³-hybridized carbons (Fsp3) is 0.462. The van der Waals surface area contributed by atoms with Crippen molar-refractivity contribution in [1.82, 2.24) is 14.7 Å². The Hall–Kier alpha value is -1.64. The number of sulfonamides is 1. The number of rotatable bonds is 4. The number of H-pyrrole nitrogens is 2. The fourth-order valence-corrected chi connectivity index (χ4v) is 3.85. The zero-order valence-corrected chi connectivity index (χ0v) is 12.2. The largest absolute Gasteiger partial charge is 0.389 e. The molecule has 1 aromatic carbocycles. The molecule has 0 unspecified atom stereocenters. The van der Waals surface area contributed by atoms with E-state index in [4.69, 9.17) is 0 Å². The minimum absolute atomic E-state index is 0.0109. The van der Waals surface area contributed by atoms with Gasteiger partial charge in [0.25, 0.3) is 0 Å². The van der Waals surface area contributed by atoms with Crippen LogP contribution >= 0.6 is 0 Å². The highest BCUT2D eigenvalue weighted by atomic mass is 32.2. The summed E-state index contributed by atoms with van der Waals surface area (Å²) in [5.41, 5.74) is -0.344. The van der Waals surface area contributed by atoms with E-state index in [0.29, 0.717) is 23.9 Å². The van der Waals surface area contributed by atoms with E-state index in [1.54, 1.807) is 0 Å². The van der Waals surface area contributed by atoms with Gasteiger partial charge in [0.2, 0.25) is 10.0 Å². The van der Waals surface area contributed by atoms with Crippen LogP contribution in [0, 0.1) is 0 Å². The van der Waals surface area contributed by atoms with Gasteiger partial charge in [-0.1, -0.05) is 12.8 Å². The molecule has 7 nitrogen and oxygen atoms in total. The number of fused-ring (bicyclic) bond motifs is 1. The van der Waals surface area contributed by atoms with E-state index in [9.17, 15) is 18.3 Å². The van der Waals surface area contributed by atoms with Gasteiger partial charge in [-0.3, -0.25) is 0 Å². The number of hydrogen-bond acceptors (Lipinski definition) is 4. The molecule has 4 N–H and O–H groups in total. The molecule has 1 heterocycles. The second-order valence-corrected chi connectivity index (χ2v) is 7.31. The molecule has 0 saturated heterocycles. The molecule has 3 rings (SSSR count). The summed E-state index contributed by atoms with van der Waals surface area (Å²) < 4.78 is 27.0. The van der Waals surface area contributed by atoms with Crippen molar-refractivity contribution in [2.45, 2.75) is 36.2 Å². The highest BCUT2D eigenvalue weighted by Gasteiger charge is 2.32. The molecule has 1 saturated carbocycles. The second-order valence-electron chi connectivity index (χ2n) is 5.54. The van der Waals surface area contributed by atoms with E-state index in [2.05, 4.69) is 14.7 Å². The lowest BCUT2D eigenvalue weighted by Gasteiger charge is -2.22. The predicted octanol–water partition coefficient (Wildman–Crippen LogP) is 0.440. The molecule has 1 fully saturated rings. The van der Waals surface area contributed by atoms with Crippen LogP contribution in [0.25, 0.3) is 11.0 Å². The van der Waals surface area contributed by atoms with Crippen molar-refractivity contribution in [3.05, 3.63) is 28.7 Å². The molecule has 1 aliphatic carbocycles. The summed E-state index contributed by atoms with van der Waals surface area (Å²) in [4.78, 5) is 16.3. The van der Waals surface area contributed by atoms with Gasteiger partial charge in [0.15, 0.2) is 0 Å². The van der Waals surface area contributed by atoms with Gasteiger partial charge in [-0.15, -0.1) is 0 Å². The van der Waals surface area contributed by atoms with Crippen LogP contribution in [0.2, 0.25) is 0 Å². The van der Waals surface area contributed by atoms with E-state index in [0.717, 1.165) is 12.8 Å². The number of aromatic nitrogens is 2. The third kappa shape index (κ3) is 2.87. The lowest BCUT2D eigenvalue weighted by atomic mass is 10.0. The van der Waals surface area contributed by atoms with Crippen LogP contribution in [0.1, 0.15) is 25.7 Å². The van der Waals surface area contributed by atoms with Gasteiger partial charge in [0.1, 0.15) is 0 Å². The van der Waals surface area contributed by atoms with E-state index in [1.807, 2.05) is 0 Å². The normalized spacial score (nSPS) is 18.3. The summed E-state index contributed by atoms with van der Waals surface area (Å²) in [6.07, 6.45) is 3.04. The Bertz CT molecular complexity index is 815. The molecule has 8 heteroatoms. The van der Waals surface area contributed by atoms with Crippen LogP contribution in [0.3, 0.4) is 0 Å².